The van der Waals surface area contributed by atoms with E-state index in [0.717, 1.165) is 0 Å². The Hall–Kier alpha value is -0.840. The molecule has 1 amide bonds. The van der Waals surface area contributed by atoms with Crippen molar-refractivity contribution in [1.82, 2.24) is 5.32 Å². The molecule has 0 saturated heterocycles. The predicted molar refractivity (Wildman–Crippen MR) is 55.8 cm³/mol. The first-order valence-corrected chi connectivity index (χ1v) is 4.42. The summed E-state index contributed by atoms with van der Waals surface area (Å²) in [5, 5.41) is 11.0. The van der Waals surface area contributed by atoms with E-state index in [1.807, 2.05) is 20.8 Å². The molecule has 0 heterocycles. The summed E-state index contributed by atoms with van der Waals surface area (Å²) in [6.45, 7) is 5.81. The van der Waals surface area contributed by atoms with E-state index in [1.165, 1.54) is 0 Å². The summed E-state index contributed by atoms with van der Waals surface area (Å²) in [4.78, 5) is 10.8. The number of thiocarbonyl (C=S) groups is 1. The Morgan fingerprint density at radius 3 is 2.31 bits per heavy atom. The third-order valence-corrected chi connectivity index (χ3v) is 1.92. The van der Waals surface area contributed by atoms with Crippen LogP contribution in [0.3, 0.4) is 0 Å². The van der Waals surface area contributed by atoms with E-state index in [0.29, 0.717) is 11.4 Å². The molecule has 0 fully saturated rings. The molecule has 0 spiro atoms. The fraction of sp³-hybridized carbons (Fsp3) is 0.750. The Balaban J connectivity index is 4.37. The SMILES string of the molecule is CC(C)(C)C(CC(N)=S)NC(=O)O. The van der Waals surface area contributed by atoms with Crippen molar-refractivity contribution in [2.24, 2.45) is 11.1 Å². The zero-order valence-electron chi connectivity index (χ0n) is 8.13. The number of amides is 1. The molecule has 0 aromatic rings. The number of rotatable bonds is 3. The van der Waals surface area contributed by atoms with Crippen LogP contribution in [0.15, 0.2) is 0 Å². The standard InChI is InChI=1S/C8H16N2O2S/c1-8(2,3)5(4-6(9)13)10-7(11)12/h5,10H,4H2,1-3H3,(H2,9,13)(H,11,12). The third kappa shape index (κ3) is 5.41. The van der Waals surface area contributed by atoms with Gasteiger partial charge in [-0.15, -0.1) is 0 Å². The maximum Gasteiger partial charge on any atom is 0.404 e. The molecule has 0 aliphatic carbocycles. The van der Waals surface area contributed by atoms with Crippen molar-refractivity contribution in [2.75, 3.05) is 0 Å². The summed E-state index contributed by atoms with van der Waals surface area (Å²) < 4.78 is 0. The van der Waals surface area contributed by atoms with Crippen molar-refractivity contribution in [3.05, 3.63) is 0 Å². The number of carboxylic acid groups (broad SMARTS) is 1. The van der Waals surface area contributed by atoms with E-state index in [-0.39, 0.29) is 11.5 Å². The van der Waals surface area contributed by atoms with Gasteiger partial charge in [0, 0.05) is 12.5 Å². The molecular formula is C8H16N2O2S. The van der Waals surface area contributed by atoms with Gasteiger partial charge in [0.05, 0.1) is 4.99 Å². The summed E-state index contributed by atoms with van der Waals surface area (Å²) in [6.07, 6.45) is -0.651. The zero-order valence-corrected chi connectivity index (χ0v) is 8.94. The molecule has 1 atom stereocenters. The van der Waals surface area contributed by atoms with Gasteiger partial charge in [-0.2, -0.15) is 0 Å². The van der Waals surface area contributed by atoms with Crippen LogP contribution in [-0.4, -0.2) is 22.2 Å². The van der Waals surface area contributed by atoms with E-state index in [2.05, 4.69) is 5.32 Å². The van der Waals surface area contributed by atoms with Gasteiger partial charge in [0.25, 0.3) is 0 Å². The van der Waals surface area contributed by atoms with Gasteiger partial charge in [-0.3, -0.25) is 0 Å². The second-order valence-electron chi connectivity index (χ2n) is 4.04. The molecule has 4 nitrogen and oxygen atoms in total. The van der Waals surface area contributed by atoms with Gasteiger partial charge >= 0.3 is 6.09 Å². The van der Waals surface area contributed by atoms with Crippen molar-refractivity contribution < 1.29 is 9.90 Å². The molecule has 0 aromatic heterocycles. The van der Waals surface area contributed by atoms with E-state index in [1.54, 1.807) is 0 Å². The monoisotopic (exact) mass is 204 g/mol. The fourth-order valence-corrected chi connectivity index (χ4v) is 1.09. The lowest BCUT2D eigenvalue weighted by Gasteiger charge is -2.30. The van der Waals surface area contributed by atoms with Gasteiger partial charge in [0.15, 0.2) is 0 Å². The molecule has 0 aliphatic heterocycles. The van der Waals surface area contributed by atoms with E-state index in [4.69, 9.17) is 23.1 Å². The highest BCUT2D eigenvalue weighted by atomic mass is 32.1. The van der Waals surface area contributed by atoms with Crippen LogP contribution in [-0.2, 0) is 0 Å². The lowest BCUT2D eigenvalue weighted by molar-refractivity contribution is 0.176. The average molecular weight is 204 g/mol. The summed E-state index contributed by atoms with van der Waals surface area (Å²) in [5.74, 6) is 0. The summed E-state index contributed by atoms with van der Waals surface area (Å²) in [7, 11) is 0. The predicted octanol–water partition coefficient (Wildman–Crippen LogP) is 1.34. The Labute approximate surface area is 83.5 Å². The van der Waals surface area contributed by atoms with E-state index < -0.39 is 6.09 Å². The van der Waals surface area contributed by atoms with Crippen molar-refractivity contribution in [3.8, 4) is 0 Å². The van der Waals surface area contributed by atoms with Crippen LogP contribution in [0, 0.1) is 5.41 Å². The van der Waals surface area contributed by atoms with Gasteiger partial charge in [-0.1, -0.05) is 33.0 Å². The Kier molecular flexibility index (Phi) is 4.13. The number of nitrogens with two attached hydrogens (primary N) is 1. The number of hydrogen-bond acceptors (Lipinski definition) is 2. The van der Waals surface area contributed by atoms with Crippen LogP contribution in [0.5, 0.6) is 0 Å². The van der Waals surface area contributed by atoms with Crippen LogP contribution in [0.1, 0.15) is 27.2 Å². The second kappa shape index (κ2) is 4.41. The average Bonchev–Trinajstić information content (AvgIpc) is 1.81. The molecule has 76 valence electrons. The topological polar surface area (TPSA) is 75.3 Å². The van der Waals surface area contributed by atoms with Gasteiger partial charge in [-0.05, 0) is 5.41 Å². The highest BCUT2D eigenvalue weighted by Gasteiger charge is 2.26. The number of carbonyl (C=O) groups is 1. The maximum absolute atomic E-state index is 10.4. The largest absolute Gasteiger partial charge is 0.465 e. The van der Waals surface area contributed by atoms with Crippen LogP contribution in [0.2, 0.25) is 0 Å². The lowest BCUT2D eigenvalue weighted by Crippen LogP contribution is -2.45. The third-order valence-electron chi connectivity index (χ3n) is 1.75. The van der Waals surface area contributed by atoms with Crippen LogP contribution >= 0.6 is 12.2 Å². The maximum atomic E-state index is 10.4. The van der Waals surface area contributed by atoms with Gasteiger partial charge in [-0.25, -0.2) is 4.79 Å². The Morgan fingerprint density at radius 2 is 2.08 bits per heavy atom. The summed E-state index contributed by atoms with van der Waals surface area (Å²) in [6, 6.07) is -0.234. The van der Waals surface area contributed by atoms with E-state index >= 15 is 0 Å². The van der Waals surface area contributed by atoms with E-state index in [9.17, 15) is 4.79 Å². The van der Waals surface area contributed by atoms with Crippen molar-refractivity contribution in [3.63, 3.8) is 0 Å². The summed E-state index contributed by atoms with van der Waals surface area (Å²) in [5.41, 5.74) is 5.19. The lowest BCUT2D eigenvalue weighted by atomic mass is 9.85. The Morgan fingerprint density at radius 1 is 1.62 bits per heavy atom. The number of nitrogens with one attached hydrogen (secondary N) is 1. The molecule has 0 radical (unpaired) electrons. The molecule has 0 saturated carbocycles. The molecular weight excluding hydrogens is 188 g/mol. The highest BCUT2D eigenvalue weighted by molar-refractivity contribution is 7.80. The first-order chi connectivity index (χ1) is 5.73. The molecule has 1 unspecified atom stereocenters. The fourth-order valence-electron chi connectivity index (χ4n) is 0.924. The zero-order chi connectivity index (χ0) is 10.6. The van der Waals surface area contributed by atoms with Crippen molar-refractivity contribution >= 4 is 23.3 Å². The smallest absolute Gasteiger partial charge is 0.404 e. The van der Waals surface area contributed by atoms with Gasteiger partial charge in [0.2, 0.25) is 0 Å². The first-order valence-electron chi connectivity index (χ1n) is 4.01. The minimum atomic E-state index is -1.05. The van der Waals surface area contributed by atoms with Gasteiger partial charge in [0.1, 0.15) is 0 Å². The van der Waals surface area contributed by atoms with Crippen molar-refractivity contribution in [2.45, 2.75) is 33.2 Å². The number of hydrogen-bond donors (Lipinski definition) is 3. The normalized spacial score (nSPS) is 13.5. The molecule has 0 aromatic carbocycles. The molecule has 4 N–H and O–H groups in total. The minimum absolute atomic E-state index is 0.179. The molecule has 5 heteroatoms. The van der Waals surface area contributed by atoms with Crippen molar-refractivity contribution in [1.29, 1.82) is 0 Å². The molecule has 13 heavy (non-hydrogen) atoms. The Bertz CT molecular complexity index is 195. The first kappa shape index (κ1) is 12.2. The quantitative estimate of drug-likeness (QED) is 0.606. The molecule has 0 bridgehead atoms. The molecule has 0 aliphatic rings. The minimum Gasteiger partial charge on any atom is -0.465 e. The second-order valence-corrected chi connectivity index (χ2v) is 4.56. The molecule has 0 rings (SSSR count). The van der Waals surface area contributed by atoms with Crippen LogP contribution in [0.25, 0.3) is 0 Å². The van der Waals surface area contributed by atoms with Crippen LogP contribution < -0.4 is 11.1 Å². The van der Waals surface area contributed by atoms with Gasteiger partial charge < -0.3 is 16.2 Å². The van der Waals surface area contributed by atoms with Crippen LogP contribution in [0.4, 0.5) is 4.79 Å². The summed E-state index contributed by atoms with van der Waals surface area (Å²) >= 11 is 4.74. The highest BCUT2D eigenvalue weighted by Crippen LogP contribution is 2.21.